The Morgan fingerprint density at radius 2 is 2.20 bits per heavy atom. The van der Waals surface area contributed by atoms with Gasteiger partial charge < -0.3 is 5.73 Å². The summed E-state index contributed by atoms with van der Waals surface area (Å²) in [5.74, 6) is 0. The van der Waals surface area contributed by atoms with Crippen LogP contribution in [0.5, 0.6) is 0 Å². The topological polar surface area (TPSA) is 38.9 Å². The van der Waals surface area contributed by atoms with E-state index in [0.717, 1.165) is 10.8 Å². The second kappa shape index (κ2) is 5.32. The third kappa shape index (κ3) is 3.78. The second-order valence-electron chi connectivity index (χ2n) is 4.77. The van der Waals surface area contributed by atoms with Crippen molar-refractivity contribution in [2.75, 3.05) is 0 Å². The van der Waals surface area contributed by atoms with Crippen LogP contribution in [-0.4, -0.2) is 16.3 Å². The smallest absolute Gasteiger partial charge is 0.150 e. The van der Waals surface area contributed by atoms with Crippen molar-refractivity contribution < 1.29 is 0 Å². The molecule has 0 radical (unpaired) electrons. The average molecular weight is 244 g/mol. The average Bonchev–Trinajstić information content (AvgIpc) is 2.63. The molecule has 1 aromatic rings. The highest BCUT2D eigenvalue weighted by atomic mass is 32.2. The molecule has 0 aliphatic heterocycles. The molecule has 2 nitrogen and oxygen atoms in total. The Labute approximate surface area is 101 Å². The van der Waals surface area contributed by atoms with Crippen LogP contribution in [0.1, 0.15) is 34.1 Å². The Kier molecular flexibility index (Phi) is 4.62. The summed E-state index contributed by atoms with van der Waals surface area (Å²) in [7, 11) is 0. The number of hydrogen-bond donors (Lipinski definition) is 1. The van der Waals surface area contributed by atoms with Crippen molar-refractivity contribution >= 4 is 23.1 Å². The summed E-state index contributed by atoms with van der Waals surface area (Å²) in [6.07, 6.45) is 2.87. The standard InChI is InChI=1S/C11H20N2S2/c1-5-8(12)9(11(2,3)4)15-10-13-6-7-14-10/h6-9H,5,12H2,1-4H3. The molecule has 0 spiro atoms. The van der Waals surface area contributed by atoms with Crippen molar-refractivity contribution in [3.63, 3.8) is 0 Å². The Morgan fingerprint density at radius 1 is 1.53 bits per heavy atom. The first-order valence-electron chi connectivity index (χ1n) is 5.27. The predicted molar refractivity (Wildman–Crippen MR) is 69.5 cm³/mol. The summed E-state index contributed by atoms with van der Waals surface area (Å²) in [5, 5.41) is 2.44. The predicted octanol–water partition coefficient (Wildman–Crippen LogP) is 3.39. The van der Waals surface area contributed by atoms with E-state index in [9.17, 15) is 0 Å². The highest BCUT2D eigenvalue weighted by Gasteiger charge is 2.30. The first-order chi connectivity index (χ1) is 6.95. The van der Waals surface area contributed by atoms with Gasteiger partial charge in [0.25, 0.3) is 0 Å². The van der Waals surface area contributed by atoms with Crippen LogP contribution in [0.3, 0.4) is 0 Å². The van der Waals surface area contributed by atoms with E-state index >= 15 is 0 Å². The highest BCUT2D eigenvalue weighted by molar-refractivity contribution is 8.01. The van der Waals surface area contributed by atoms with Crippen LogP contribution >= 0.6 is 23.1 Å². The lowest BCUT2D eigenvalue weighted by Crippen LogP contribution is -2.40. The van der Waals surface area contributed by atoms with Crippen LogP contribution in [0.4, 0.5) is 0 Å². The monoisotopic (exact) mass is 244 g/mol. The van der Waals surface area contributed by atoms with Gasteiger partial charge in [0.2, 0.25) is 0 Å². The zero-order valence-electron chi connectivity index (χ0n) is 9.86. The molecule has 1 aromatic heterocycles. The van der Waals surface area contributed by atoms with Gasteiger partial charge in [0.1, 0.15) is 4.34 Å². The molecular weight excluding hydrogens is 224 g/mol. The van der Waals surface area contributed by atoms with Crippen molar-refractivity contribution in [2.45, 2.75) is 49.7 Å². The maximum atomic E-state index is 6.18. The van der Waals surface area contributed by atoms with E-state index in [1.807, 2.05) is 23.3 Å². The minimum atomic E-state index is 0.214. The van der Waals surface area contributed by atoms with Crippen molar-refractivity contribution in [1.82, 2.24) is 4.98 Å². The lowest BCUT2D eigenvalue weighted by Gasteiger charge is -2.33. The normalized spacial score (nSPS) is 16.3. The van der Waals surface area contributed by atoms with Gasteiger partial charge in [-0.05, 0) is 11.8 Å². The second-order valence-corrected chi connectivity index (χ2v) is 7.06. The summed E-state index contributed by atoms with van der Waals surface area (Å²) in [6.45, 7) is 8.88. The van der Waals surface area contributed by atoms with Crippen LogP contribution in [-0.2, 0) is 0 Å². The number of thiazole rings is 1. The van der Waals surface area contributed by atoms with Crippen molar-refractivity contribution in [3.8, 4) is 0 Å². The molecule has 0 bridgehead atoms. The number of aromatic nitrogens is 1. The summed E-state index contributed by atoms with van der Waals surface area (Å²) in [5.41, 5.74) is 6.39. The molecule has 4 heteroatoms. The van der Waals surface area contributed by atoms with Crippen LogP contribution in [0, 0.1) is 5.41 Å². The van der Waals surface area contributed by atoms with E-state index in [4.69, 9.17) is 5.73 Å². The molecule has 0 amide bonds. The summed E-state index contributed by atoms with van der Waals surface area (Å²) < 4.78 is 1.12. The molecule has 2 atom stereocenters. The summed E-state index contributed by atoms with van der Waals surface area (Å²) in [4.78, 5) is 4.31. The fraction of sp³-hybridized carbons (Fsp3) is 0.727. The molecule has 0 aliphatic carbocycles. The number of nitrogens with two attached hydrogens (primary N) is 1. The molecule has 0 saturated carbocycles. The third-order valence-corrected chi connectivity index (χ3v) is 5.11. The van der Waals surface area contributed by atoms with Gasteiger partial charge in [-0.1, -0.05) is 39.5 Å². The van der Waals surface area contributed by atoms with E-state index in [2.05, 4.69) is 32.7 Å². The molecule has 0 saturated heterocycles. The minimum Gasteiger partial charge on any atom is -0.327 e. The van der Waals surface area contributed by atoms with Gasteiger partial charge >= 0.3 is 0 Å². The quantitative estimate of drug-likeness (QED) is 0.825. The van der Waals surface area contributed by atoms with Gasteiger partial charge in [-0.2, -0.15) is 0 Å². The first-order valence-corrected chi connectivity index (χ1v) is 7.02. The van der Waals surface area contributed by atoms with E-state index in [1.165, 1.54) is 0 Å². The zero-order valence-corrected chi connectivity index (χ0v) is 11.5. The Morgan fingerprint density at radius 3 is 2.60 bits per heavy atom. The van der Waals surface area contributed by atoms with Gasteiger partial charge in [-0.15, -0.1) is 11.3 Å². The van der Waals surface area contributed by atoms with E-state index < -0.39 is 0 Å². The van der Waals surface area contributed by atoms with Crippen molar-refractivity contribution in [3.05, 3.63) is 11.6 Å². The molecule has 15 heavy (non-hydrogen) atoms. The van der Waals surface area contributed by atoms with Crippen LogP contribution in [0.25, 0.3) is 0 Å². The van der Waals surface area contributed by atoms with Gasteiger partial charge in [0.05, 0.1) is 0 Å². The molecule has 1 heterocycles. The number of nitrogens with zero attached hydrogens (tertiary/aromatic N) is 1. The van der Waals surface area contributed by atoms with Gasteiger partial charge in [-0.25, -0.2) is 4.98 Å². The summed E-state index contributed by atoms with van der Waals surface area (Å²) in [6, 6.07) is 0.235. The molecule has 0 aliphatic rings. The largest absolute Gasteiger partial charge is 0.327 e. The van der Waals surface area contributed by atoms with E-state index in [1.54, 1.807) is 11.3 Å². The van der Waals surface area contributed by atoms with E-state index in [0.29, 0.717) is 5.25 Å². The number of rotatable bonds is 4. The maximum absolute atomic E-state index is 6.18. The molecule has 0 aromatic carbocycles. The SMILES string of the molecule is CCC(N)C(Sc1nccs1)C(C)(C)C. The Hall–Kier alpha value is -0.0600. The Bertz CT molecular complexity index is 277. The lowest BCUT2D eigenvalue weighted by atomic mass is 9.87. The fourth-order valence-corrected chi connectivity index (χ4v) is 3.62. The van der Waals surface area contributed by atoms with Crippen molar-refractivity contribution in [1.29, 1.82) is 0 Å². The highest BCUT2D eigenvalue weighted by Crippen LogP contribution is 2.38. The lowest BCUT2D eigenvalue weighted by molar-refractivity contribution is 0.350. The maximum Gasteiger partial charge on any atom is 0.150 e. The molecule has 2 N–H and O–H groups in total. The van der Waals surface area contributed by atoms with Gasteiger partial charge in [-0.3, -0.25) is 0 Å². The molecule has 2 unspecified atom stereocenters. The molecular formula is C11H20N2S2. The van der Waals surface area contributed by atoms with Gasteiger partial charge in [0, 0.05) is 22.9 Å². The molecule has 0 fully saturated rings. The summed E-state index contributed by atoms with van der Waals surface area (Å²) >= 11 is 3.51. The molecule has 1 rings (SSSR count). The number of thioether (sulfide) groups is 1. The third-order valence-electron chi connectivity index (χ3n) is 2.35. The van der Waals surface area contributed by atoms with Crippen molar-refractivity contribution in [2.24, 2.45) is 11.1 Å². The number of hydrogen-bond acceptors (Lipinski definition) is 4. The Balaban J connectivity index is 2.74. The van der Waals surface area contributed by atoms with Gasteiger partial charge in [0.15, 0.2) is 0 Å². The zero-order chi connectivity index (χ0) is 11.5. The fourth-order valence-electron chi connectivity index (χ4n) is 1.50. The molecule has 86 valence electrons. The first kappa shape index (κ1) is 13.0. The van der Waals surface area contributed by atoms with Crippen LogP contribution < -0.4 is 5.73 Å². The minimum absolute atomic E-state index is 0.214. The van der Waals surface area contributed by atoms with E-state index in [-0.39, 0.29) is 11.5 Å². The van der Waals surface area contributed by atoms with Crippen LogP contribution in [0.15, 0.2) is 15.9 Å². The van der Waals surface area contributed by atoms with Crippen LogP contribution in [0.2, 0.25) is 0 Å².